The van der Waals surface area contributed by atoms with Gasteiger partial charge in [0.1, 0.15) is 43.2 Å². The monoisotopic (exact) mass is 1150 g/mol. The molecule has 0 radical (unpaired) electrons. The summed E-state index contributed by atoms with van der Waals surface area (Å²) in [7, 11) is -10.5. The maximum absolute atomic E-state index is 13.5. The highest BCUT2D eigenvalue weighted by Gasteiger charge is 2.48. The summed E-state index contributed by atoms with van der Waals surface area (Å²) in [5.74, 6) is -2.09. The van der Waals surface area contributed by atoms with E-state index in [0.29, 0.717) is 32.1 Å². The highest BCUT2D eigenvalue weighted by atomic mass is 31.2. The van der Waals surface area contributed by atoms with Gasteiger partial charge in [0.25, 0.3) is 0 Å². The van der Waals surface area contributed by atoms with Gasteiger partial charge < -0.3 is 69.0 Å². The first-order valence-corrected chi connectivity index (χ1v) is 32.5. The second-order valence-corrected chi connectivity index (χ2v) is 23.4. The lowest BCUT2D eigenvalue weighted by Crippen LogP contribution is -2.65. The van der Waals surface area contributed by atoms with Crippen molar-refractivity contribution in [2.75, 3.05) is 19.8 Å². The smallest absolute Gasteiger partial charge is 0.462 e. The summed E-state index contributed by atoms with van der Waals surface area (Å²) in [6.07, 6.45) is 17.2. The van der Waals surface area contributed by atoms with E-state index in [1.807, 2.05) is 0 Å². The van der Waals surface area contributed by atoms with Crippen LogP contribution in [-0.4, -0.2) is 139 Å². The quantitative estimate of drug-likeness (QED) is 0.0118. The summed E-state index contributed by atoms with van der Waals surface area (Å²) >= 11 is 0. The van der Waals surface area contributed by atoms with E-state index in [0.717, 1.165) is 70.6 Å². The molecule has 1 heterocycles. The van der Waals surface area contributed by atoms with Gasteiger partial charge in [-0.1, -0.05) is 194 Å². The molecule has 0 bridgehead atoms. The van der Waals surface area contributed by atoms with Crippen LogP contribution >= 0.6 is 15.6 Å². The van der Waals surface area contributed by atoms with Crippen LogP contribution in [0.15, 0.2) is 0 Å². The number of aliphatic hydroxyl groups is 4. The summed E-state index contributed by atoms with van der Waals surface area (Å²) < 4.78 is 61.8. The third-order valence-electron chi connectivity index (χ3n) is 13.8. The normalized spacial score (nSPS) is 20.1. The minimum atomic E-state index is -5.39. The van der Waals surface area contributed by atoms with Gasteiger partial charge in [0.05, 0.1) is 38.3 Å². The van der Waals surface area contributed by atoms with Gasteiger partial charge in [-0.05, 0) is 32.6 Å². The Hall–Kier alpha value is -1.65. The molecule has 0 saturated carbocycles. The molecule has 77 heavy (non-hydrogen) atoms. The van der Waals surface area contributed by atoms with Gasteiger partial charge in [-0.25, -0.2) is 9.13 Å². The minimum absolute atomic E-state index is 0.195. The molecular weight excluding hydrogens is 1040 g/mol. The van der Waals surface area contributed by atoms with Crippen LogP contribution < -0.4 is 5.32 Å². The Kier molecular flexibility index (Phi) is 42.8. The molecule has 0 aromatic carbocycles. The molecule has 1 rings (SSSR count). The molecule has 21 nitrogen and oxygen atoms in total. The number of phosphoric acid groups is 2. The molecule has 1 fully saturated rings. The Morgan fingerprint density at radius 1 is 0.610 bits per heavy atom. The van der Waals surface area contributed by atoms with Crippen molar-refractivity contribution < 1.29 is 96.2 Å². The number of hydrogen-bond donors (Lipinski definition) is 9. The van der Waals surface area contributed by atoms with E-state index >= 15 is 0 Å². The zero-order valence-corrected chi connectivity index (χ0v) is 49.1. The van der Waals surface area contributed by atoms with Gasteiger partial charge in [-0.15, -0.1) is 0 Å². The van der Waals surface area contributed by atoms with Gasteiger partial charge in [0, 0.05) is 6.42 Å². The fraction of sp³-hybridized carbons (Fsp3) is 0.944. The Labute approximate surface area is 460 Å². The Balaban J connectivity index is 3.07. The van der Waals surface area contributed by atoms with Crippen LogP contribution in [0.1, 0.15) is 246 Å². The average molecular weight is 1150 g/mol. The number of carbonyl (C=O) groups excluding carboxylic acids is 3. The molecule has 0 aromatic rings. The fourth-order valence-corrected chi connectivity index (χ4v) is 10.3. The van der Waals surface area contributed by atoms with Crippen molar-refractivity contribution in [3.8, 4) is 0 Å². The number of ether oxygens (including phenoxy) is 5. The van der Waals surface area contributed by atoms with Crippen molar-refractivity contribution >= 4 is 33.5 Å². The van der Waals surface area contributed by atoms with Crippen molar-refractivity contribution in [1.82, 2.24) is 5.32 Å². The molecule has 10 atom stereocenters. The predicted octanol–water partition coefficient (Wildman–Crippen LogP) is 9.38. The molecule has 23 heteroatoms. The maximum atomic E-state index is 13.5. The Bertz CT molecular complexity index is 1590. The number of amides is 1. The number of rotatable bonds is 51. The Morgan fingerprint density at radius 3 is 1.55 bits per heavy atom. The van der Waals surface area contributed by atoms with Gasteiger partial charge >= 0.3 is 27.6 Å². The lowest BCUT2D eigenvalue weighted by Gasteiger charge is -2.42. The standard InChI is InChI=1S/C54H105NO20P2/c1-5-8-11-14-17-20-21-24-27-30-33-36-48(59)71-44(35-32-29-26-23-19-16-13-10-7-3)38-49(60)69-41-50(72-45(39-56)42(4)74-76(63,64)65)70-40-46-52(61)53(62)51(54(73-46)75-77(66,67)68)55-47(58)37-43(57)34-31-28-25-22-18-15-12-9-6-2/h42-46,50-54,56-57,61-62H,5-41H2,1-4H3,(H,55,58)(H2,63,64,65)(H2,66,67,68). The molecule has 10 unspecified atom stereocenters. The van der Waals surface area contributed by atoms with Crippen molar-refractivity contribution in [2.24, 2.45) is 0 Å². The van der Waals surface area contributed by atoms with E-state index in [2.05, 4.69) is 26.1 Å². The minimum Gasteiger partial charge on any atom is -0.462 e. The van der Waals surface area contributed by atoms with E-state index in [-0.39, 0.29) is 12.8 Å². The van der Waals surface area contributed by atoms with E-state index in [9.17, 15) is 63.5 Å². The zero-order valence-electron chi connectivity index (χ0n) is 47.3. The first-order chi connectivity index (χ1) is 36.7. The number of carbonyl (C=O) groups is 3. The largest absolute Gasteiger partial charge is 0.472 e. The third kappa shape index (κ3) is 39.4. The highest BCUT2D eigenvalue weighted by molar-refractivity contribution is 7.46. The second-order valence-electron chi connectivity index (χ2n) is 21.0. The lowest BCUT2D eigenvalue weighted by molar-refractivity contribution is -0.274. The van der Waals surface area contributed by atoms with E-state index in [4.69, 9.17) is 32.7 Å². The van der Waals surface area contributed by atoms with E-state index in [1.165, 1.54) is 103 Å². The number of nitrogens with one attached hydrogen (secondary N) is 1. The van der Waals surface area contributed by atoms with Crippen LogP contribution in [0, 0.1) is 0 Å². The van der Waals surface area contributed by atoms with Gasteiger partial charge in [0.15, 0.2) is 12.6 Å². The number of unbranched alkanes of at least 4 members (excludes halogenated alkanes) is 26. The molecule has 1 aliphatic heterocycles. The summed E-state index contributed by atoms with van der Waals surface area (Å²) in [6.45, 7) is 5.30. The van der Waals surface area contributed by atoms with Crippen LogP contribution in [0.2, 0.25) is 0 Å². The van der Waals surface area contributed by atoms with Crippen molar-refractivity contribution in [3.63, 3.8) is 0 Å². The number of esters is 2. The van der Waals surface area contributed by atoms with Gasteiger partial charge in [-0.2, -0.15) is 0 Å². The second kappa shape index (κ2) is 44.9. The van der Waals surface area contributed by atoms with Crippen LogP contribution in [-0.2, 0) is 56.2 Å². The maximum Gasteiger partial charge on any atom is 0.472 e. The summed E-state index contributed by atoms with van der Waals surface area (Å²) in [6, 6.07) is -1.75. The van der Waals surface area contributed by atoms with Crippen molar-refractivity contribution in [1.29, 1.82) is 0 Å². The summed E-state index contributed by atoms with van der Waals surface area (Å²) in [5, 5.41) is 45.5. The topological polar surface area (TPSA) is 324 Å². The molecule has 1 amide bonds. The van der Waals surface area contributed by atoms with Gasteiger partial charge in [0.2, 0.25) is 5.91 Å². The molecule has 1 aliphatic rings. The number of phosphoric ester groups is 2. The number of aliphatic hydroxyl groups excluding tert-OH is 4. The summed E-state index contributed by atoms with van der Waals surface area (Å²) in [5.41, 5.74) is 0. The average Bonchev–Trinajstić information content (AvgIpc) is 3.35. The lowest BCUT2D eigenvalue weighted by atomic mass is 9.96. The first-order valence-electron chi connectivity index (χ1n) is 29.4. The molecule has 9 N–H and O–H groups in total. The predicted molar refractivity (Wildman–Crippen MR) is 291 cm³/mol. The molecule has 0 aliphatic carbocycles. The highest BCUT2D eigenvalue weighted by Crippen LogP contribution is 2.41. The van der Waals surface area contributed by atoms with Crippen molar-refractivity contribution in [2.45, 2.75) is 307 Å². The SMILES string of the molecule is CCCCCCCCCCCCCC(=O)OC(CCCCCCCCCCC)CC(=O)OCC(OCC1OC(OP(=O)(O)O)C(NC(=O)CC(O)CCCCCCCCCCC)C(O)C1O)OC(CO)C(C)OP(=O)(O)O. The van der Waals surface area contributed by atoms with Crippen LogP contribution in [0.25, 0.3) is 0 Å². The molecule has 456 valence electrons. The molecule has 1 saturated heterocycles. The first kappa shape index (κ1) is 73.4. The van der Waals surface area contributed by atoms with Crippen molar-refractivity contribution in [3.05, 3.63) is 0 Å². The third-order valence-corrected chi connectivity index (χ3v) is 14.9. The van der Waals surface area contributed by atoms with Gasteiger partial charge in [-0.3, -0.25) is 23.4 Å². The zero-order chi connectivity index (χ0) is 57.3. The fourth-order valence-electron chi connectivity index (χ4n) is 9.28. The number of hydrogen-bond acceptors (Lipinski definition) is 16. The summed E-state index contributed by atoms with van der Waals surface area (Å²) in [4.78, 5) is 78.0. The molecule has 0 spiro atoms. The van der Waals surface area contributed by atoms with Crippen LogP contribution in [0.3, 0.4) is 0 Å². The molecule has 0 aromatic heterocycles. The van der Waals surface area contributed by atoms with E-state index < -0.39 is 121 Å². The van der Waals surface area contributed by atoms with E-state index in [1.54, 1.807) is 0 Å². The molecular formula is C54H105NO20P2. The Morgan fingerprint density at radius 2 is 1.08 bits per heavy atom. The van der Waals surface area contributed by atoms with Crippen LogP contribution in [0.5, 0.6) is 0 Å². The van der Waals surface area contributed by atoms with Crippen LogP contribution in [0.4, 0.5) is 0 Å².